The Morgan fingerprint density at radius 1 is 1.29 bits per heavy atom. The SMILES string of the molecule is COc1cc(CSCC(=O)NCC(C)C)c(OC)cc1Br. The minimum absolute atomic E-state index is 0.0664. The second-order valence-corrected chi connectivity index (χ2v) is 6.83. The number of carbonyl (C=O) groups excluding carboxylic acids is 1. The van der Waals surface area contributed by atoms with E-state index < -0.39 is 0 Å². The highest BCUT2D eigenvalue weighted by molar-refractivity contribution is 9.10. The number of thioether (sulfide) groups is 1. The standard InChI is InChI=1S/C15H22BrNO3S/c1-10(2)7-17-15(18)9-21-8-11-5-14(20-4)12(16)6-13(11)19-3/h5-6,10H,7-9H2,1-4H3,(H,17,18). The van der Waals surface area contributed by atoms with Crippen molar-refractivity contribution < 1.29 is 14.3 Å². The van der Waals surface area contributed by atoms with Crippen molar-refractivity contribution in [1.82, 2.24) is 5.32 Å². The average Bonchev–Trinajstić information content (AvgIpc) is 2.46. The van der Waals surface area contributed by atoms with Crippen molar-refractivity contribution in [2.75, 3.05) is 26.5 Å². The number of ether oxygens (including phenoxy) is 2. The van der Waals surface area contributed by atoms with E-state index in [0.717, 1.165) is 28.1 Å². The van der Waals surface area contributed by atoms with Crippen LogP contribution in [-0.2, 0) is 10.5 Å². The molecule has 6 heteroatoms. The maximum atomic E-state index is 11.7. The molecular formula is C15H22BrNO3S. The number of hydrogen-bond donors (Lipinski definition) is 1. The van der Waals surface area contributed by atoms with Crippen LogP contribution in [0.15, 0.2) is 16.6 Å². The van der Waals surface area contributed by atoms with E-state index in [9.17, 15) is 4.79 Å². The summed E-state index contributed by atoms with van der Waals surface area (Å²) in [4.78, 5) is 11.7. The van der Waals surface area contributed by atoms with Gasteiger partial charge in [-0.05, 0) is 34.0 Å². The summed E-state index contributed by atoms with van der Waals surface area (Å²) in [7, 11) is 3.26. The molecule has 0 radical (unpaired) electrons. The summed E-state index contributed by atoms with van der Waals surface area (Å²) in [6, 6.07) is 3.81. The van der Waals surface area contributed by atoms with Crippen LogP contribution in [-0.4, -0.2) is 32.4 Å². The third kappa shape index (κ3) is 6.18. The molecule has 0 saturated heterocycles. The van der Waals surface area contributed by atoms with Crippen LogP contribution in [0.25, 0.3) is 0 Å². The van der Waals surface area contributed by atoms with Gasteiger partial charge < -0.3 is 14.8 Å². The Kier molecular flexibility index (Phi) is 7.96. The number of nitrogens with one attached hydrogen (secondary N) is 1. The van der Waals surface area contributed by atoms with Gasteiger partial charge in [-0.15, -0.1) is 11.8 Å². The lowest BCUT2D eigenvalue weighted by molar-refractivity contribution is -0.118. The minimum Gasteiger partial charge on any atom is -0.496 e. The molecule has 0 saturated carbocycles. The van der Waals surface area contributed by atoms with Crippen molar-refractivity contribution in [3.8, 4) is 11.5 Å². The highest BCUT2D eigenvalue weighted by Crippen LogP contribution is 2.34. The third-order valence-electron chi connectivity index (χ3n) is 2.75. The molecule has 0 bridgehead atoms. The molecule has 118 valence electrons. The Morgan fingerprint density at radius 2 is 1.95 bits per heavy atom. The molecule has 0 aromatic heterocycles. The maximum Gasteiger partial charge on any atom is 0.230 e. The molecule has 21 heavy (non-hydrogen) atoms. The fraction of sp³-hybridized carbons (Fsp3) is 0.533. The van der Waals surface area contributed by atoms with Gasteiger partial charge >= 0.3 is 0 Å². The number of rotatable bonds is 8. The first kappa shape index (κ1) is 18.2. The van der Waals surface area contributed by atoms with Gasteiger partial charge in [-0.2, -0.15) is 0 Å². The van der Waals surface area contributed by atoms with Gasteiger partial charge in [-0.1, -0.05) is 13.8 Å². The van der Waals surface area contributed by atoms with E-state index in [2.05, 4.69) is 35.1 Å². The normalized spacial score (nSPS) is 10.6. The van der Waals surface area contributed by atoms with Crippen LogP contribution in [0.4, 0.5) is 0 Å². The van der Waals surface area contributed by atoms with E-state index in [1.165, 1.54) is 0 Å². The number of benzene rings is 1. The first-order chi connectivity index (χ1) is 9.97. The summed E-state index contributed by atoms with van der Waals surface area (Å²) in [5.41, 5.74) is 1.01. The van der Waals surface area contributed by atoms with Gasteiger partial charge in [0.05, 0.1) is 24.4 Å². The number of amides is 1. The first-order valence-electron chi connectivity index (χ1n) is 6.72. The van der Waals surface area contributed by atoms with E-state index in [-0.39, 0.29) is 5.91 Å². The Labute approximate surface area is 139 Å². The monoisotopic (exact) mass is 375 g/mol. The molecule has 0 unspecified atom stereocenters. The van der Waals surface area contributed by atoms with Crippen LogP contribution in [0.3, 0.4) is 0 Å². The fourth-order valence-corrected chi connectivity index (χ4v) is 2.98. The molecule has 0 aliphatic heterocycles. The summed E-state index contributed by atoms with van der Waals surface area (Å²) in [6.45, 7) is 4.87. The molecule has 0 aliphatic carbocycles. The molecule has 4 nitrogen and oxygen atoms in total. The van der Waals surface area contributed by atoms with Gasteiger partial charge in [0.1, 0.15) is 11.5 Å². The van der Waals surface area contributed by atoms with Crippen LogP contribution in [0.1, 0.15) is 19.4 Å². The van der Waals surface area contributed by atoms with Crippen LogP contribution in [0, 0.1) is 5.92 Å². The Hall–Kier alpha value is -0.880. The van der Waals surface area contributed by atoms with Crippen molar-refractivity contribution in [3.63, 3.8) is 0 Å². The zero-order valence-electron chi connectivity index (χ0n) is 12.9. The van der Waals surface area contributed by atoms with Gasteiger partial charge in [0.25, 0.3) is 0 Å². The van der Waals surface area contributed by atoms with Crippen LogP contribution in [0.2, 0.25) is 0 Å². The Morgan fingerprint density at radius 3 is 2.52 bits per heavy atom. The molecule has 1 rings (SSSR count). The van der Waals surface area contributed by atoms with E-state index >= 15 is 0 Å². The van der Waals surface area contributed by atoms with Crippen LogP contribution >= 0.6 is 27.7 Å². The fourth-order valence-electron chi connectivity index (χ4n) is 1.66. The molecule has 1 N–H and O–H groups in total. The summed E-state index contributed by atoms with van der Waals surface area (Å²) in [5, 5.41) is 2.91. The molecule has 0 aliphatic rings. The average molecular weight is 376 g/mol. The summed E-state index contributed by atoms with van der Waals surface area (Å²) >= 11 is 4.99. The quantitative estimate of drug-likeness (QED) is 0.755. The topological polar surface area (TPSA) is 47.6 Å². The van der Waals surface area contributed by atoms with Crippen molar-refractivity contribution in [2.24, 2.45) is 5.92 Å². The van der Waals surface area contributed by atoms with Crippen molar-refractivity contribution >= 4 is 33.6 Å². The molecule has 1 aromatic rings. The van der Waals surface area contributed by atoms with Crippen molar-refractivity contribution in [2.45, 2.75) is 19.6 Å². The smallest absolute Gasteiger partial charge is 0.230 e. The van der Waals surface area contributed by atoms with Gasteiger partial charge in [0.2, 0.25) is 5.91 Å². The molecule has 1 amide bonds. The van der Waals surface area contributed by atoms with Crippen LogP contribution < -0.4 is 14.8 Å². The maximum absolute atomic E-state index is 11.7. The number of halogens is 1. The highest BCUT2D eigenvalue weighted by atomic mass is 79.9. The van der Waals surface area contributed by atoms with E-state index in [4.69, 9.17) is 9.47 Å². The highest BCUT2D eigenvalue weighted by Gasteiger charge is 2.10. The number of carbonyl (C=O) groups is 1. The Balaban J connectivity index is 2.56. The molecule has 1 aromatic carbocycles. The molecule has 0 fully saturated rings. The zero-order valence-corrected chi connectivity index (χ0v) is 15.3. The van der Waals surface area contributed by atoms with E-state index in [1.54, 1.807) is 26.0 Å². The van der Waals surface area contributed by atoms with Gasteiger partial charge in [0.15, 0.2) is 0 Å². The summed E-state index contributed by atoms with van der Waals surface area (Å²) in [6.07, 6.45) is 0. The van der Waals surface area contributed by atoms with Gasteiger partial charge in [0, 0.05) is 17.9 Å². The number of hydrogen-bond acceptors (Lipinski definition) is 4. The summed E-state index contributed by atoms with van der Waals surface area (Å²) in [5.74, 6) is 3.22. The predicted molar refractivity (Wildman–Crippen MR) is 91.3 cm³/mol. The molecule has 0 heterocycles. The van der Waals surface area contributed by atoms with Gasteiger partial charge in [-0.25, -0.2) is 0 Å². The summed E-state index contributed by atoms with van der Waals surface area (Å²) < 4.78 is 11.5. The van der Waals surface area contributed by atoms with Crippen LogP contribution in [0.5, 0.6) is 11.5 Å². The molecular weight excluding hydrogens is 354 g/mol. The van der Waals surface area contributed by atoms with Crippen molar-refractivity contribution in [3.05, 3.63) is 22.2 Å². The van der Waals surface area contributed by atoms with Crippen molar-refractivity contribution in [1.29, 1.82) is 0 Å². The minimum atomic E-state index is 0.0664. The lowest BCUT2D eigenvalue weighted by Crippen LogP contribution is -2.28. The largest absolute Gasteiger partial charge is 0.496 e. The molecule has 0 atom stereocenters. The predicted octanol–water partition coefficient (Wildman–Crippen LogP) is 3.47. The lowest BCUT2D eigenvalue weighted by Gasteiger charge is -2.12. The lowest BCUT2D eigenvalue weighted by atomic mass is 10.2. The second kappa shape index (κ2) is 9.20. The first-order valence-corrected chi connectivity index (χ1v) is 8.67. The Bertz CT molecular complexity index is 480. The number of methoxy groups -OCH3 is 2. The zero-order chi connectivity index (χ0) is 15.8. The van der Waals surface area contributed by atoms with E-state index in [1.807, 2.05) is 12.1 Å². The van der Waals surface area contributed by atoms with E-state index in [0.29, 0.717) is 17.4 Å². The van der Waals surface area contributed by atoms with Gasteiger partial charge in [-0.3, -0.25) is 4.79 Å². The third-order valence-corrected chi connectivity index (χ3v) is 4.35. The second-order valence-electron chi connectivity index (χ2n) is 4.99. The molecule has 0 spiro atoms.